The largest absolute Gasteiger partial charge is 0.388 e. The van der Waals surface area contributed by atoms with Gasteiger partial charge >= 0.3 is 5.69 Å². The van der Waals surface area contributed by atoms with E-state index >= 15 is 0 Å². The fraction of sp³-hybridized carbons (Fsp3) is 0.556. The van der Waals surface area contributed by atoms with Crippen molar-refractivity contribution in [2.45, 2.75) is 24.5 Å². The maximum Gasteiger partial charge on any atom is 0.349 e. The van der Waals surface area contributed by atoms with Gasteiger partial charge < -0.3 is 20.1 Å². The average Bonchev–Trinajstić information content (AvgIpc) is 2.28. The third-order valence-electron chi connectivity index (χ3n) is 2.49. The van der Waals surface area contributed by atoms with Gasteiger partial charge in [0, 0.05) is 12.4 Å². The van der Waals surface area contributed by atoms with Crippen LogP contribution in [0, 0.1) is 0 Å². The van der Waals surface area contributed by atoms with Gasteiger partial charge in [0.1, 0.15) is 18.3 Å². The van der Waals surface area contributed by atoms with Crippen molar-refractivity contribution in [3.63, 3.8) is 0 Å². The first-order valence-corrected chi connectivity index (χ1v) is 4.80. The van der Waals surface area contributed by atoms with Crippen LogP contribution in [-0.4, -0.2) is 49.8 Å². The molecule has 1 saturated heterocycles. The summed E-state index contributed by atoms with van der Waals surface area (Å²) in [6.07, 6.45) is -2.18. The highest BCUT2D eigenvalue weighted by Gasteiger charge is 2.38. The molecule has 1 aromatic heterocycles. The molecule has 0 aromatic carbocycles. The first-order valence-electron chi connectivity index (χ1n) is 4.80. The van der Waals surface area contributed by atoms with Crippen molar-refractivity contribution in [3.8, 4) is 0 Å². The van der Waals surface area contributed by atoms with E-state index in [9.17, 15) is 20.1 Å². The molecule has 1 aliphatic rings. The molecule has 7 nitrogen and oxygen atoms in total. The molecular weight excluding hydrogens is 216 g/mol. The quantitative estimate of drug-likeness (QED) is 0.506. The zero-order valence-corrected chi connectivity index (χ0v) is 8.30. The molecule has 0 saturated carbocycles. The fourth-order valence-electron chi connectivity index (χ4n) is 1.60. The van der Waals surface area contributed by atoms with Crippen LogP contribution in [0.15, 0.2) is 23.3 Å². The van der Waals surface area contributed by atoms with Gasteiger partial charge in [0.05, 0.1) is 6.61 Å². The standard InChI is InChI=1S/C9H12N2O5/c12-5-4-16-8(7(14)6(5)13)11-3-1-2-10-9(11)15/h1-3,5-8,12-14H,4H2/t5-,6-,7+,8?/m1/s1. The van der Waals surface area contributed by atoms with Gasteiger partial charge in [0.2, 0.25) is 0 Å². The van der Waals surface area contributed by atoms with Crippen LogP contribution >= 0.6 is 0 Å². The van der Waals surface area contributed by atoms with Gasteiger partial charge in [-0.15, -0.1) is 0 Å². The van der Waals surface area contributed by atoms with Gasteiger partial charge in [-0.3, -0.25) is 4.57 Å². The van der Waals surface area contributed by atoms with Crippen LogP contribution in [0.3, 0.4) is 0 Å². The Labute approximate surface area is 90.6 Å². The zero-order valence-electron chi connectivity index (χ0n) is 8.30. The molecule has 1 unspecified atom stereocenters. The summed E-state index contributed by atoms with van der Waals surface area (Å²) in [5.74, 6) is 0. The summed E-state index contributed by atoms with van der Waals surface area (Å²) in [7, 11) is 0. The molecule has 2 rings (SSSR count). The lowest BCUT2D eigenvalue weighted by molar-refractivity contribution is -0.212. The topological polar surface area (TPSA) is 105 Å². The van der Waals surface area contributed by atoms with E-state index in [4.69, 9.17) is 4.74 Å². The molecule has 1 aliphatic heterocycles. The Bertz CT molecular complexity index is 420. The number of aromatic nitrogens is 2. The van der Waals surface area contributed by atoms with Crippen molar-refractivity contribution in [2.24, 2.45) is 0 Å². The Balaban J connectivity index is 2.29. The highest BCUT2D eigenvalue weighted by molar-refractivity contribution is 4.90. The minimum atomic E-state index is -1.37. The van der Waals surface area contributed by atoms with Crippen LogP contribution < -0.4 is 5.69 Å². The van der Waals surface area contributed by atoms with Gasteiger partial charge in [-0.25, -0.2) is 9.78 Å². The summed E-state index contributed by atoms with van der Waals surface area (Å²) >= 11 is 0. The molecule has 2 heterocycles. The second-order valence-electron chi connectivity index (χ2n) is 3.58. The Morgan fingerprint density at radius 3 is 2.81 bits per heavy atom. The normalized spacial score (nSPS) is 34.9. The Morgan fingerprint density at radius 1 is 1.38 bits per heavy atom. The fourth-order valence-corrected chi connectivity index (χ4v) is 1.60. The van der Waals surface area contributed by atoms with Crippen molar-refractivity contribution in [1.82, 2.24) is 9.55 Å². The third kappa shape index (κ3) is 1.85. The van der Waals surface area contributed by atoms with Crippen LogP contribution in [0.4, 0.5) is 0 Å². The number of nitrogens with zero attached hydrogens (tertiary/aromatic N) is 2. The van der Waals surface area contributed by atoms with E-state index in [0.717, 1.165) is 4.57 Å². The molecule has 0 spiro atoms. The SMILES string of the molecule is O=c1ncccn1C1OC[C@@H](O)[C@@H](O)[C@@H]1O. The van der Waals surface area contributed by atoms with Crippen molar-refractivity contribution in [1.29, 1.82) is 0 Å². The van der Waals surface area contributed by atoms with E-state index in [1.54, 1.807) is 0 Å². The van der Waals surface area contributed by atoms with E-state index in [1.807, 2.05) is 0 Å². The number of hydrogen-bond donors (Lipinski definition) is 3. The van der Waals surface area contributed by atoms with E-state index in [0.29, 0.717) is 0 Å². The number of rotatable bonds is 1. The van der Waals surface area contributed by atoms with Gasteiger partial charge in [-0.1, -0.05) is 0 Å². The molecule has 1 aromatic rings. The Morgan fingerprint density at radius 2 is 2.12 bits per heavy atom. The lowest BCUT2D eigenvalue weighted by Crippen LogP contribution is -2.52. The first-order chi connectivity index (χ1) is 7.61. The average molecular weight is 228 g/mol. The second kappa shape index (κ2) is 4.30. The minimum absolute atomic E-state index is 0.149. The van der Waals surface area contributed by atoms with E-state index in [1.165, 1.54) is 18.5 Å². The smallest absolute Gasteiger partial charge is 0.349 e. The molecule has 0 radical (unpaired) electrons. The highest BCUT2D eigenvalue weighted by atomic mass is 16.5. The van der Waals surface area contributed by atoms with Crippen LogP contribution in [0.5, 0.6) is 0 Å². The van der Waals surface area contributed by atoms with Gasteiger partial charge in [-0.2, -0.15) is 0 Å². The molecule has 4 atom stereocenters. The molecule has 3 N–H and O–H groups in total. The van der Waals surface area contributed by atoms with E-state index in [2.05, 4.69) is 4.98 Å². The summed E-state index contributed by atoms with van der Waals surface area (Å²) in [4.78, 5) is 14.9. The Kier molecular flexibility index (Phi) is 3.01. The molecule has 1 fully saturated rings. The van der Waals surface area contributed by atoms with Gasteiger partial charge in [0.25, 0.3) is 0 Å². The summed E-state index contributed by atoms with van der Waals surface area (Å²) in [5, 5.41) is 28.4. The zero-order chi connectivity index (χ0) is 11.7. The maximum atomic E-state index is 11.4. The number of ether oxygens (including phenoxy) is 1. The summed E-state index contributed by atoms with van der Waals surface area (Å²) in [6, 6.07) is 1.51. The lowest BCUT2D eigenvalue weighted by atomic mass is 10.0. The molecule has 16 heavy (non-hydrogen) atoms. The summed E-state index contributed by atoms with van der Waals surface area (Å²) < 4.78 is 6.17. The van der Waals surface area contributed by atoms with Crippen LogP contribution in [0.25, 0.3) is 0 Å². The van der Waals surface area contributed by atoms with Crippen molar-refractivity contribution in [3.05, 3.63) is 28.9 Å². The molecule has 0 amide bonds. The maximum absolute atomic E-state index is 11.4. The molecule has 88 valence electrons. The van der Waals surface area contributed by atoms with Gasteiger partial charge in [-0.05, 0) is 6.07 Å². The number of aliphatic hydroxyl groups excluding tert-OH is 3. The molecular formula is C9H12N2O5. The van der Waals surface area contributed by atoms with Crippen LogP contribution in [-0.2, 0) is 4.74 Å². The van der Waals surface area contributed by atoms with Crippen LogP contribution in [0.1, 0.15) is 6.23 Å². The first kappa shape index (κ1) is 11.2. The predicted molar refractivity (Wildman–Crippen MR) is 51.5 cm³/mol. The minimum Gasteiger partial charge on any atom is -0.388 e. The molecule has 0 bridgehead atoms. The number of aliphatic hydroxyl groups is 3. The Hall–Kier alpha value is -1.28. The third-order valence-corrected chi connectivity index (χ3v) is 2.49. The van der Waals surface area contributed by atoms with Crippen molar-refractivity contribution < 1.29 is 20.1 Å². The van der Waals surface area contributed by atoms with E-state index < -0.39 is 30.2 Å². The van der Waals surface area contributed by atoms with Crippen molar-refractivity contribution in [2.75, 3.05) is 6.61 Å². The number of hydrogen-bond acceptors (Lipinski definition) is 6. The summed E-state index contributed by atoms with van der Waals surface area (Å²) in [6.45, 7) is -0.149. The van der Waals surface area contributed by atoms with Crippen LogP contribution in [0.2, 0.25) is 0 Å². The van der Waals surface area contributed by atoms with E-state index in [-0.39, 0.29) is 6.61 Å². The summed E-state index contributed by atoms with van der Waals surface area (Å²) in [5.41, 5.74) is -0.588. The highest BCUT2D eigenvalue weighted by Crippen LogP contribution is 2.22. The monoisotopic (exact) mass is 228 g/mol. The predicted octanol–water partition coefficient (Wildman–Crippen LogP) is -2.15. The van der Waals surface area contributed by atoms with Crippen molar-refractivity contribution >= 4 is 0 Å². The molecule has 0 aliphatic carbocycles. The molecule has 7 heteroatoms. The lowest BCUT2D eigenvalue weighted by Gasteiger charge is -2.35. The second-order valence-corrected chi connectivity index (χ2v) is 3.58. The van der Waals surface area contributed by atoms with Gasteiger partial charge in [0.15, 0.2) is 6.23 Å².